The SMILES string of the molecule is CN(C(=O)C1CC(=O)N(CC(F)(F)F)C1)C(Cc1ccccc1)C(=O)O. The Bertz CT molecular complexity index is 678. The molecular weight excluding hydrogens is 353 g/mol. The van der Waals surface area contributed by atoms with Crippen molar-refractivity contribution < 1.29 is 32.7 Å². The molecule has 2 atom stereocenters. The lowest BCUT2D eigenvalue weighted by Crippen LogP contribution is -2.47. The van der Waals surface area contributed by atoms with Crippen LogP contribution < -0.4 is 0 Å². The number of amides is 2. The predicted molar refractivity (Wildman–Crippen MR) is 85.1 cm³/mol. The van der Waals surface area contributed by atoms with Gasteiger partial charge in [0.25, 0.3) is 0 Å². The molecule has 0 radical (unpaired) electrons. The highest BCUT2D eigenvalue weighted by Crippen LogP contribution is 2.25. The van der Waals surface area contributed by atoms with E-state index in [1.165, 1.54) is 7.05 Å². The molecule has 0 bridgehead atoms. The summed E-state index contributed by atoms with van der Waals surface area (Å²) in [6.07, 6.45) is -4.83. The molecule has 1 aliphatic heterocycles. The van der Waals surface area contributed by atoms with E-state index in [4.69, 9.17) is 0 Å². The van der Waals surface area contributed by atoms with Crippen LogP contribution in [0.4, 0.5) is 13.2 Å². The van der Waals surface area contributed by atoms with Crippen molar-refractivity contribution in [2.75, 3.05) is 20.1 Å². The molecule has 1 N–H and O–H groups in total. The first kappa shape index (κ1) is 19.7. The number of likely N-dealkylation sites (N-methyl/N-ethyl adjacent to an activating group) is 1. The number of benzene rings is 1. The number of alkyl halides is 3. The molecule has 0 aromatic heterocycles. The van der Waals surface area contributed by atoms with Crippen molar-refractivity contribution >= 4 is 17.8 Å². The molecule has 0 aliphatic carbocycles. The van der Waals surface area contributed by atoms with Gasteiger partial charge < -0.3 is 14.9 Å². The van der Waals surface area contributed by atoms with E-state index in [-0.39, 0.29) is 19.4 Å². The van der Waals surface area contributed by atoms with Gasteiger partial charge in [0.2, 0.25) is 11.8 Å². The van der Waals surface area contributed by atoms with Crippen molar-refractivity contribution in [2.24, 2.45) is 5.92 Å². The quantitative estimate of drug-likeness (QED) is 0.822. The van der Waals surface area contributed by atoms with Gasteiger partial charge in [-0.1, -0.05) is 30.3 Å². The molecule has 1 saturated heterocycles. The van der Waals surface area contributed by atoms with E-state index in [0.717, 1.165) is 4.90 Å². The summed E-state index contributed by atoms with van der Waals surface area (Å²) in [5, 5.41) is 9.43. The van der Waals surface area contributed by atoms with Crippen LogP contribution in [-0.4, -0.2) is 65.0 Å². The van der Waals surface area contributed by atoms with Crippen molar-refractivity contribution in [1.29, 1.82) is 0 Å². The third-order valence-electron chi connectivity index (χ3n) is 4.31. The first-order valence-electron chi connectivity index (χ1n) is 7.96. The molecule has 1 aromatic rings. The van der Waals surface area contributed by atoms with Crippen molar-refractivity contribution in [3.63, 3.8) is 0 Å². The second kappa shape index (κ2) is 7.76. The minimum Gasteiger partial charge on any atom is -0.480 e. The average molecular weight is 372 g/mol. The van der Waals surface area contributed by atoms with Gasteiger partial charge in [-0.2, -0.15) is 13.2 Å². The summed E-state index contributed by atoms with van der Waals surface area (Å²) < 4.78 is 37.4. The van der Waals surface area contributed by atoms with E-state index in [2.05, 4.69) is 0 Å². The molecule has 2 amide bonds. The monoisotopic (exact) mass is 372 g/mol. The van der Waals surface area contributed by atoms with Gasteiger partial charge in [0.15, 0.2) is 0 Å². The fourth-order valence-electron chi connectivity index (χ4n) is 2.98. The zero-order chi connectivity index (χ0) is 19.5. The number of likely N-dealkylation sites (tertiary alicyclic amines) is 1. The summed E-state index contributed by atoms with van der Waals surface area (Å²) in [6, 6.07) is 7.52. The number of carbonyl (C=O) groups is 3. The van der Waals surface area contributed by atoms with Gasteiger partial charge in [-0.15, -0.1) is 0 Å². The molecule has 6 nitrogen and oxygen atoms in total. The van der Waals surface area contributed by atoms with Crippen LogP contribution in [0.15, 0.2) is 30.3 Å². The van der Waals surface area contributed by atoms with Gasteiger partial charge in [0.05, 0.1) is 5.92 Å². The number of carboxylic acids is 1. The number of rotatable bonds is 6. The van der Waals surface area contributed by atoms with Crippen LogP contribution >= 0.6 is 0 Å². The van der Waals surface area contributed by atoms with E-state index >= 15 is 0 Å². The number of nitrogens with zero attached hydrogens (tertiary/aromatic N) is 2. The van der Waals surface area contributed by atoms with Crippen molar-refractivity contribution in [3.8, 4) is 0 Å². The number of carboxylic acid groups (broad SMARTS) is 1. The van der Waals surface area contributed by atoms with E-state index < -0.39 is 42.5 Å². The third kappa shape index (κ3) is 4.96. The highest BCUT2D eigenvalue weighted by molar-refractivity contribution is 5.91. The Balaban J connectivity index is 2.07. The largest absolute Gasteiger partial charge is 0.480 e. The molecule has 26 heavy (non-hydrogen) atoms. The Kier molecular flexibility index (Phi) is 5.89. The fourth-order valence-corrected chi connectivity index (χ4v) is 2.98. The zero-order valence-corrected chi connectivity index (χ0v) is 14.1. The van der Waals surface area contributed by atoms with Gasteiger partial charge in [0.1, 0.15) is 12.6 Å². The van der Waals surface area contributed by atoms with Crippen LogP contribution in [0.1, 0.15) is 12.0 Å². The summed E-state index contributed by atoms with van der Waals surface area (Å²) >= 11 is 0. The minimum absolute atomic E-state index is 0.0609. The smallest absolute Gasteiger partial charge is 0.406 e. The first-order valence-corrected chi connectivity index (χ1v) is 7.96. The fraction of sp³-hybridized carbons (Fsp3) is 0.471. The number of aliphatic carboxylic acids is 1. The summed E-state index contributed by atoms with van der Waals surface area (Å²) in [4.78, 5) is 37.4. The number of halogens is 3. The summed E-state index contributed by atoms with van der Waals surface area (Å²) in [5.41, 5.74) is 0.709. The van der Waals surface area contributed by atoms with Crippen molar-refractivity contribution in [1.82, 2.24) is 9.80 Å². The Morgan fingerprint density at radius 3 is 2.46 bits per heavy atom. The highest BCUT2D eigenvalue weighted by atomic mass is 19.4. The van der Waals surface area contributed by atoms with Crippen LogP contribution in [0.25, 0.3) is 0 Å². The molecule has 142 valence electrons. The summed E-state index contributed by atoms with van der Waals surface area (Å²) in [7, 11) is 1.29. The van der Waals surface area contributed by atoms with E-state index in [0.29, 0.717) is 10.5 Å². The molecule has 1 fully saturated rings. The Morgan fingerprint density at radius 1 is 1.31 bits per heavy atom. The van der Waals surface area contributed by atoms with Gasteiger partial charge in [-0.25, -0.2) is 4.79 Å². The van der Waals surface area contributed by atoms with Gasteiger partial charge in [-0.3, -0.25) is 9.59 Å². The van der Waals surface area contributed by atoms with E-state index in [1.54, 1.807) is 30.3 Å². The van der Waals surface area contributed by atoms with Gasteiger partial charge in [0, 0.05) is 26.4 Å². The molecule has 1 heterocycles. The number of carbonyl (C=O) groups excluding carboxylic acids is 2. The highest BCUT2D eigenvalue weighted by Gasteiger charge is 2.42. The number of hydrogen-bond acceptors (Lipinski definition) is 3. The Labute approximate surface area is 148 Å². The average Bonchev–Trinajstić information content (AvgIpc) is 2.91. The predicted octanol–water partition coefficient (Wildman–Crippen LogP) is 1.55. The van der Waals surface area contributed by atoms with Gasteiger partial charge in [-0.05, 0) is 5.56 Å². The lowest BCUT2D eigenvalue weighted by atomic mass is 10.0. The van der Waals surface area contributed by atoms with Gasteiger partial charge >= 0.3 is 12.1 Å². The minimum atomic E-state index is -4.55. The second-order valence-corrected chi connectivity index (χ2v) is 6.28. The first-order chi connectivity index (χ1) is 12.1. The normalized spacial score (nSPS) is 18.7. The van der Waals surface area contributed by atoms with Crippen LogP contribution in [0.5, 0.6) is 0 Å². The molecule has 1 aliphatic rings. The third-order valence-corrected chi connectivity index (χ3v) is 4.31. The molecule has 0 spiro atoms. The summed E-state index contributed by atoms with van der Waals surface area (Å²) in [5.74, 6) is -3.61. The topological polar surface area (TPSA) is 77.9 Å². The maximum Gasteiger partial charge on any atom is 0.406 e. The molecular formula is C17H19F3N2O4. The Hall–Kier alpha value is -2.58. The van der Waals surface area contributed by atoms with Crippen LogP contribution in [0, 0.1) is 5.92 Å². The molecule has 2 rings (SSSR count). The van der Waals surface area contributed by atoms with Crippen LogP contribution in [0.3, 0.4) is 0 Å². The van der Waals surface area contributed by atoms with E-state index in [9.17, 15) is 32.7 Å². The van der Waals surface area contributed by atoms with Crippen molar-refractivity contribution in [2.45, 2.75) is 25.1 Å². The summed E-state index contributed by atoms with van der Waals surface area (Å²) in [6.45, 7) is -1.77. The molecule has 1 aromatic carbocycles. The van der Waals surface area contributed by atoms with Crippen LogP contribution in [0.2, 0.25) is 0 Å². The molecule has 2 unspecified atom stereocenters. The standard InChI is InChI=1S/C17H19F3N2O4/c1-21(13(16(25)26)7-11-5-3-2-4-6-11)15(24)12-8-14(23)22(9-12)10-17(18,19)20/h2-6,12-13H,7-10H2,1H3,(H,25,26). The lowest BCUT2D eigenvalue weighted by molar-refractivity contribution is -0.157. The van der Waals surface area contributed by atoms with Crippen LogP contribution in [-0.2, 0) is 20.8 Å². The molecule has 9 heteroatoms. The maximum absolute atomic E-state index is 12.5. The second-order valence-electron chi connectivity index (χ2n) is 6.28. The molecule has 0 saturated carbocycles. The Morgan fingerprint density at radius 2 is 1.92 bits per heavy atom. The van der Waals surface area contributed by atoms with E-state index in [1.807, 2.05) is 0 Å². The van der Waals surface area contributed by atoms with Crippen molar-refractivity contribution in [3.05, 3.63) is 35.9 Å². The lowest BCUT2D eigenvalue weighted by Gasteiger charge is -2.27. The number of hydrogen-bond donors (Lipinski definition) is 1. The maximum atomic E-state index is 12.5. The zero-order valence-electron chi connectivity index (χ0n) is 14.1.